The maximum atomic E-state index is 14.2. The molecular formula is C87H96Cl2F6N14O15. The number of likely N-dealkylation sites (tertiary alicyclic amines) is 3. The van der Waals surface area contributed by atoms with E-state index in [0.29, 0.717) is 50.1 Å². The Hall–Kier alpha value is -12.9. The van der Waals surface area contributed by atoms with Gasteiger partial charge in [0.1, 0.15) is 65.6 Å². The Balaban J connectivity index is 0.000000191. The summed E-state index contributed by atoms with van der Waals surface area (Å²) in [5.74, 6) is -4.33. The molecule has 4 aliphatic heterocycles. The summed E-state index contributed by atoms with van der Waals surface area (Å²) in [6.07, 6.45) is 0.887. The maximum Gasteiger partial charge on any atom is 0.411 e. The van der Waals surface area contributed by atoms with Crippen molar-refractivity contribution in [1.29, 1.82) is 0 Å². The highest BCUT2D eigenvalue weighted by Crippen LogP contribution is 2.34. The Kier molecular flexibility index (Phi) is 33.0. The zero-order chi connectivity index (χ0) is 90.2. The fourth-order valence-corrected chi connectivity index (χ4v) is 14.1. The highest BCUT2D eigenvalue weighted by atomic mass is 35.5. The number of nitrogens with two attached hydrogens (primary N) is 1. The number of carboxylic acids is 1. The lowest BCUT2D eigenvalue weighted by Gasteiger charge is -2.27. The van der Waals surface area contributed by atoms with Crippen molar-refractivity contribution < 1.29 is 98.5 Å². The quantitative estimate of drug-likeness (QED) is 0.0359. The van der Waals surface area contributed by atoms with Gasteiger partial charge in [0.05, 0.1) is 87.1 Å². The SMILES string of the molecule is C.CC(=O)n1cc(N)c2ccccc21.CC(=O)n1cc(NC(=O)[C@@H]2C[C@@H](F)CN2)c2ccccc21.CC(=O)n1cc(NC(=O)[C@@H]2C[C@@H](F)CN2C(=O)NCc2cccc(Cl)c2F)c2ccccc21.CC(=O)n1cc(NC(=O)[C@@H]2C[C@@H](F)CN2C(=O)OC(C)(C)C)c2ccccc21.CC(C)(C)OC(=O)N1C[C@H](F)C[C@H]1C(=O)O.O=C=NCc1cccc(Cl)c1F. The van der Waals surface area contributed by atoms with E-state index in [1.807, 2.05) is 48.5 Å². The summed E-state index contributed by atoms with van der Waals surface area (Å²) in [5, 5.41) is 25.4. The third-order valence-corrected chi connectivity index (χ3v) is 20.0. The summed E-state index contributed by atoms with van der Waals surface area (Å²) in [4.78, 5) is 148. The second-order valence-electron chi connectivity index (χ2n) is 30.9. The second-order valence-corrected chi connectivity index (χ2v) is 31.7. The highest BCUT2D eigenvalue weighted by Gasteiger charge is 2.44. The number of hydrogen-bond donors (Lipinski definition) is 7. The molecule has 4 fully saturated rings. The molecular weight excluding hydrogens is 1670 g/mol. The van der Waals surface area contributed by atoms with Crippen molar-refractivity contribution in [2.24, 2.45) is 4.99 Å². The molecule has 0 radical (unpaired) electrons. The number of nitrogens with one attached hydrogen (secondary N) is 5. The number of nitrogen functional groups attached to an aromatic ring is 1. The first kappa shape index (κ1) is 96.6. The van der Waals surface area contributed by atoms with E-state index in [1.165, 1.54) is 84.1 Å². The van der Waals surface area contributed by atoms with Gasteiger partial charge in [-0.25, -0.2) is 55.3 Å². The average molecular weight is 1760 g/mol. The molecule has 4 saturated heterocycles. The Labute approximate surface area is 719 Å². The number of aliphatic carboxylic acids is 1. The number of hydrogen-bond acceptors (Lipinski definition) is 17. The number of alkyl halides is 4. The van der Waals surface area contributed by atoms with Gasteiger partial charge in [-0.2, -0.15) is 0 Å². The summed E-state index contributed by atoms with van der Waals surface area (Å²) in [7, 11) is 0. The Morgan fingerprint density at radius 3 is 1.24 bits per heavy atom. The normalized spacial score (nSPS) is 18.2. The van der Waals surface area contributed by atoms with Gasteiger partial charge in [0.25, 0.3) is 0 Å². The van der Waals surface area contributed by atoms with Crippen LogP contribution in [0.25, 0.3) is 43.6 Å². The summed E-state index contributed by atoms with van der Waals surface area (Å²) in [6, 6.07) is 33.7. The number of aliphatic imine (C=N–C) groups is 1. The lowest BCUT2D eigenvalue weighted by molar-refractivity contribution is -0.142. The first-order chi connectivity index (χ1) is 58.0. The van der Waals surface area contributed by atoms with Crippen molar-refractivity contribution in [2.75, 3.05) is 47.9 Å². The fourth-order valence-electron chi connectivity index (χ4n) is 13.7. The van der Waals surface area contributed by atoms with Gasteiger partial charge in [0, 0.05) is 124 Å². The van der Waals surface area contributed by atoms with Gasteiger partial charge >= 0.3 is 24.2 Å². The van der Waals surface area contributed by atoms with E-state index in [9.17, 15) is 83.9 Å². The van der Waals surface area contributed by atoms with E-state index < -0.39 is 108 Å². The zero-order valence-electron chi connectivity index (χ0n) is 68.5. The van der Waals surface area contributed by atoms with Crippen LogP contribution in [0.5, 0.6) is 0 Å². The number of carbonyl (C=O) groups is 11. The number of carboxylic acid groups (broad SMARTS) is 1. The van der Waals surface area contributed by atoms with Gasteiger partial charge in [-0.05, 0) is 77.9 Å². The minimum absolute atomic E-state index is 0. The number of anilines is 4. The molecule has 124 heavy (non-hydrogen) atoms. The Bertz CT molecular complexity index is 5680. The number of nitrogens with zero attached hydrogens (tertiary/aromatic N) is 8. The van der Waals surface area contributed by atoms with Crippen LogP contribution in [0.3, 0.4) is 0 Å². The molecule has 0 aliphatic carbocycles. The largest absolute Gasteiger partial charge is 0.480 e. The molecule has 8 atom stereocenters. The van der Waals surface area contributed by atoms with Gasteiger partial charge in [0.15, 0.2) is 0 Å². The molecule has 4 aromatic heterocycles. The molecule has 8 heterocycles. The molecule has 14 rings (SSSR count). The van der Waals surface area contributed by atoms with Crippen LogP contribution in [0.4, 0.5) is 63.5 Å². The van der Waals surface area contributed by atoms with E-state index in [2.05, 4.69) is 31.6 Å². The third kappa shape index (κ3) is 24.7. The van der Waals surface area contributed by atoms with Crippen molar-refractivity contribution in [1.82, 2.24) is 43.6 Å². The van der Waals surface area contributed by atoms with Gasteiger partial charge in [0.2, 0.25) is 47.4 Å². The van der Waals surface area contributed by atoms with Crippen LogP contribution in [0, 0.1) is 11.6 Å². The number of ether oxygens (including phenoxy) is 2. The molecule has 29 nitrogen and oxygen atoms in total. The zero-order valence-corrected chi connectivity index (χ0v) is 70.1. The molecule has 10 aromatic rings. The van der Waals surface area contributed by atoms with Gasteiger partial charge < -0.3 is 51.8 Å². The molecule has 660 valence electrons. The standard InChI is InChI=1S/C23H21ClF2N4O3.C20H24FN3O4.C15H16FN3O2.C10H16FNO4.C10H10N2O.C8H5ClFNO.CH4/c1-13(31)29-12-18(16-6-2-3-8-19(16)29)28-22(32)20-9-15(25)11-30(20)23(33)27-10-14-5-4-7-17(24)21(14)26;1-12(25)23-11-15(14-7-5-6-8-16(14)23)22-18(26)17-9-13(21)10-24(17)19(27)28-20(2,3)4;1-9(20)19-8-13(11-4-2-3-5-14(11)19)18-15(21)12-6-10(16)7-17-12;1-10(2,3)16-9(15)12-5-6(11)4-7(12)8(13)14;1-7(13)12-6-9(11)8-4-2-3-5-10(8)12;9-7-3-1-2-6(8(7)10)4-11-5-12;/h2-8,12,15,20H,9-11H2,1H3,(H,27,33)(H,28,32);5-8,11,13,17H,9-10H2,1-4H3,(H,22,26);2-5,8,10,12,17H,6-7H2,1H3,(H,18,21);6-7H,4-5H2,1-3H3,(H,13,14);2-6H,11H2,1H3;1-3H,4H2;1H4/t15-,20+;13-,17+;10-,12+;6-,7+;;;/m1111.../s1. The summed E-state index contributed by atoms with van der Waals surface area (Å²) in [6.45, 7) is 15.3. The van der Waals surface area contributed by atoms with Crippen LogP contribution in [-0.2, 0) is 46.5 Å². The number of urea groups is 1. The van der Waals surface area contributed by atoms with Gasteiger partial charge in [-0.3, -0.25) is 61.6 Å². The predicted octanol–water partition coefficient (Wildman–Crippen LogP) is 16.1. The van der Waals surface area contributed by atoms with Crippen LogP contribution >= 0.6 is 23.2 Å². The minimum atomic E-state index is -1.38. The smallest absolute Gasteiger partial charge is 0.411 e. The second kappa shape index (κ2) is 42.3. The van der Waals surface area contributed by atoms with Crippen LogP contribution in [0.15, 0.2) is 163 Å². The number of rotatable bonds is 11. The van der Waals surface area contributed by atoms with Crippen molar-refractivity contribution >= 4 is 161 Å². The number of fused-ring (bicyclic) bond motifs is 4. The molecule has 0 unspecified atom stereocenters. The van der Waals surface area contributed by atoms with Gasteiger partial charge in [-0.15, -0.1) is 0 Å². The molecule has 6 aromatic carbocycles. The molecule has 7 amide bonds. The first-order valence-corrected chi connectivity index (χ1v) is 39.4. The van der Waals surface area contributed by atoms with E-state index >= 15 is 0 Å². The molecule has 0 bridgehead atoms. The van der Waals surface area contributed by atoms with E-state index in [4.69, 9.17) is 43.5 Å². The average Bonchev–Trinajstić information content (AvgIpc) is 1.64. The molecule has 0 saturated carbocycles. The van der Waals surface area contributed by atoms with E-state index in [-0.39, 0.29) is 118 Å². The molecule has 37 heteroatoms. The Morgan fingerprint density at radius 2 is 0.847 bits per heavy atom. The lowest BCUT2D eigenvalue weighted by atomic mass is 10.2. The topological polar surface area (TPSA) is 372 Å². The number of aromatic nitrogens is 4. The number of benzene rings is 6. The number of isocyanates is 1. The van der Waals surface area contributed by atoms with E-state index in [1.54, 1.807) is 119 Å². The first-order valence-electron chi connectivity index (χ1n) is 38.6. The third-order valence-electron chi connectivity index (χ3n) is 19.4. The fraction of sp³-hybridized carbons (Fsp3) is 0.356. The number of halogens is 8. The lowest BCUT2D eigenvalue weighted by Crippen LogP contribution is -2.47. The number of amides is 7. The van der Waals surface area contributed by atoms with Gasteiger partial charge in [-0.1, -0.05) is 128 Å². The summed E-state index contributed by atoms with van der Waals surface area (Å²) >= 11 is 11.2. The summed E-state index contributed by atoms with van der Waals surface area (Å²) < 4.78 is 97.7. The van der Waals surface area contributed by atoms with Crippen molar-refractivity contribution in [3.8, 4) is 0 Å². The number of para-hydroxylation sites is 4. The van der Waals surface area contributed by atoms with E-state index in [0.717, 1.165) is 36.5 Å². The van der Waals surface area contributed by atoms with Crippen LogP contribution in [0.2, 0.25) is 10.0 Å². The molecule has 8 N–H and O–H groups in total. The maximum absolute atomic E-state index is 14.2. The van der Waals surface area contributed by atoms with Crippen molar-refractivity contribution in [3.63, 3.8) is 0 Å². The monoisotopic (exact) mass is 1760 g/mol. The van der Waals surface area contributed by atoms with Crippen LogP contribution < -0.4 is 32.3 Å². The van der Waals surface area contributed by atoms with Crippen LogP contribution in [-0.4, -0.2) is 196 Å². The predicted molar refractivity (Wildman–Crippen MR) is 458 cm³/mol. The molecule has 4 aliphatic rings. The highest BCUT2D eigenvalue weighted by molar-refractivity contribution is 6.31. The van der Waals surface area contributed by atoms with Crippen LogP contribution in [0.1, 0.15) is 133 Å². The van der Waals surface area contributed by atoms with Crippen molar-refractivity contribution in [3.05, 3.63) is 191 Å². The minimum Gasteiger partial charge on any atom is -0.480 e. The molecule has 0 spiro atoms. The Morgan fingerprint density at radius 1 is 0.492 bits per heavy atom. The number of carbonyl (C=O) groups excluding carboxylic acids is 11. The van der Waals surface area contributed by atoms with Crippen molar-refractivity contribution in [2.45, 2.75) is 175 Å². The summed E-state index contributed by atoms with van der Waals surface area (Å²) in [5.41, 5.74) is 9.66.